The zero-order valence-electron chi connectivity index (χ0n) is 16.4. The summed E-state index contributed by atoms with van der Waals surface area (Å²) in [6.07, 6.45) is 7.00. The van der Waals surface area contributed by atoms with Gasteiger partial charge in [0, 0.05) is 39.8 Å². The van der Waals surface area contributed by atoms with E-state index in [4.69, 9.17) is 4.74 Å². The molecule has 1 atom stereocenters. The lowest BCUT2D eigenvalue weighted by Gasteiger charge is -2.26. The number of likely N-dealkylation sites (tertiary alicyclic amines) is 1. The largest absolute Gasteiger partial charge is 0.377 e. The Hall–Kier alpha value is -0.170. The Morgan fingerprint density at radius 3 is 2.52 bits per heavy atom. The van der Waals surface area contributed by atoms with Crippen molar-refractivity contribution in [2.45, 2.75) is 44.6 Å². The van der Waals surface area contributed by atoms with Crippen LogP contribution < -0.4 is 15.4 Å². The van der Waals surface area contributed by atoms with Crippen LogP contribution in [0.1, 0.15) is 38.5 Å². The lowest BCUT2D eigenvalue weighted by Crippen LogP contribution is -2.45. The number of hydrogen-bond acceptors (Lipinski definition) is 5. The molecule has 0 spiro atoms. The van der Waals surface area contributed by atoms with Gasteiger partial charge in [-0.25, -0.2) is 13.1 Å². The first-order valence-corrected chi connectivity index (χ1v) is 11.5. The van der Waals surface area contributed by atoms with Gasteiger partial charge >= 0.3 is 0 Å². The molecule has 0 aromatic rings. The van der Waals surface area contributed by atoms with E-state index in [-0.39, 0.29) is 35.8 Å². The summed E-state index contributed by atoms with van der Waals surface area (Å²) in [6.45, 7) is 5.55. The normalized spacial score (nSPS) is 22.1. The van der Waals surface area contributed by atoms with E-state index in [0.717, 1.165) is 39.0 Å². The zero-order chi connectivity index (χ0) is 18.7. The van der Waals surface area contributed by atoms with Crippen LogP contribution in [-0.4, -0.2) is 84.1 Å². The van der Waals surface area contributed by atoms with Gasteiger partial charge < -0.3 is 20.3 Å². The molecule has 0 saturated carbocycles. The van der Waals surface area contributed by atoms with E-state index in [1.165, 1.54) is 32.4 Å². The molecule has 0 aromatic heterocycles. The van der Waals surface area contributed by atoms with Gasteiger partial charge in [0.15, 0.2) is 5.96 Å². The fourth-order valence-corrected chi connectivity index (χ4v) is 4.26. The van der Waals surface area contributed by atoms with Crippen molar-refractivity contribution in [2.24, 2.45) is 4.99 Å². The molecule has 0 aliphatic carbocycles. The van der Waals surface area contributed by atoms with Gasteiger partial charge in [-0.15, -0.1) is 24.0 Å². The molecule has 8 nitrogen and oxygen atoms in total. The van der Waals surface area contributed by atoms with Gasteiger partial charge in [0.2, 0.25) is 10.0 Å². The number of hydrogen-bond donors (Lipinski definition) is 3. The number of nitrogens with zero attached hydrogens (tertiary/aromatic N) is 2. The first-order valence-electron chi connectivity index (χ1n) is 9.85. The maximum absolute atomic E-state index is 12.1. The van der Waals surface area contributed by atoms with Crippen molar-refractivity contribution < 1.29 is 13.2 Å². The van der Waals surface area contributed by atoms with E-state index >= 15 is 0 Å². The maximum Gasteiger partial charge on any atom is 0.213 e. The van der Waals surface area contributed by atoms with Crippen molar-refractivity contribution in [3.63, 3.8) is 0 Å². The third-order valence-electron chi connectivity index (χ3n) is 4.86. The minimum absolute atomic E-state index is 0. The summed E-state index contributed by atoms with van der Waals surface area (Å²) < 4.78 is 32.4. The van der Waals surface area contributed by atoms with E-state index in [1.54, 1.807) is 7.05 Å². The van der Waals surface area contributed by atoms with Crippen LogP contribution in [0.5, 0.6) is 0 Å². The molecule has 27 heavy (non-hydrogen) atoms. The summed E-state index contributed by atoms with van der Waals surface area (Å²) in [5.41, 5.74) is 0. The number of guanidine groups is 1. The SMILES string of the molecule is CN=C(NCCN1CCCCC1)NCCS(=O)(=O)NCC1CCCCO1.I. The fraction of sp³-hybridized carbons (Fsp3) is 0.941. The van der Waals surface area contributed by atoms with E-state index < -0.39 is 10.0 Å². The smallest absolute Gasteiger partial charge is 0.213 e. The van der Waals surface area contributed by atoms with E-state index in [9.17, 15) is 8.42 Å². The van der Waals surface area contributed by atoms with Crippen molar-refractivity contribution in [3.05, 3.63) is 0 Å². The number of piperidine rings is 1. The van der Waals surface area contributed by atoms with Gasteiger partial charge in [-0.3, -0.25) is 4.99 Å². The van der Waals surface area contributed by atoms with Crippen LogP contribution in [0.3, 0.4) is 0 Å². The molecule has 0 aromatic carbocycles. The lowest BCUT2D eigenvalue weighted by atomic mass is 10.1. The molecule has 0 amide bonds. The van der Waals surface area contributed by atoms with Crippen molar-refractivity contribution >= 4 is 40.0 Å². The highest BCUT2D eigenvalue weighted by molar-refractivity contribution is 14.0. The molecule has 2 rings (SSSR count). The summed E-state index contributed by atoms with van der Waals surface area (Å²) in [5, 5.41) is 6.32. The van der Waals surface area contributed by atoms with Gasteiger partial charge in [0.25, 0.3) is 0 Å². The molecule has 0 radical (unpaired) electrons. The average molecular weight is 517 g/mol. The molecule has 2 fully saturated rings. The highest BCUT2D eigenvalue weighted by atomic mass is 127. The van der Waals surface area contributed by atoms with Crippen molar-refractivity contribution in [1.82, 2.24) is 20.3 Å². The molecular weight excluding hydrogens is 481 g/mol. The van der Waals surface area contributed by atoms with E-state index in [1.807, 2.05) is 0 Å². The predicted molar refractivity (Wildman–Crippen MR) is 120 cm³/mol. The first-order chi connectivity index (χ1) is 12.6. The summed E-state index contributed by atoms with van der Waals surface area (Å²) in [7, 11) is -1.61. The second kappa shape index (κ2) is 13.9. The topological polar surface area (TPSA) is 95.1 Å². The van der Waals surface area contributed by atoms with Crippen LogP contribution in [0.25, 0.3) is 0 Å². The van der Waals surface area contributed by atoms with E-state index in [0.29, 0.717) is 19.0 Å². The Bertz CT molecular complexity index is 521. The lowest BCUT2D eigenvalue weighted by molar-refractivity contribution is 0.0200. The van der Waals surface area contributed by atoms with Crippen LogP contribution in [0.2, 0.25) is 0 Å². The Balaban J connectivity index is 0.00000364. The van der Waals surface area contributed by atoms with Crippen molar-refractivity contribution in [3.8, 4) is 0 Å². The molecule has 2 saturated heterocycles. The molecule has 2 heterocycles. The van der Waals surface area contributed by atoms with Crippen LogP contribution in [0.4, 0.5) is 0 Å². The highest BCUT2D eigenvalue weighted by Gasteiger charge is 2.17. The summed E-state index contributed by atoms with van der Waals surface area (Å²) in [6, 6.07) is 0. The second-order valence-electron chi connectivity index (χ2n) is 6.98. The molecular formula is C17H36IN5O3S. The molecule has 1 unspecified atom stereocenters. The molecule has 10 heteroatoms. The average Bonchev–Trinajstić information content (AvgIpc) is 2.67. The number of rotatable bonds is 9. The van der Waals surface area contributed by atoms with Crippen LogP contribution >= 0.6 is 24.0 Å². The molecule has 2 aliphatic heterocycles. The predicted octanol–water partition coefficient (Wildman–Crippen LogP) is 0.744. The molecule has 0 bridgehead atoms. The number of ether oxygens (including phenoxy) is 1. The van der Waals surface area contributed by atoms with Gasteiger partial charge in [-0.1, -0.05) is 6.42 Å². The van der Waals surface area contributed by atoms with Crippen molar-refractivity contribution in [2.75, 3.05) is 58.7 Å². The number of nitrogens with one attached hydrogen (secondary N) is 3. The molecule has 160 valence electrons. The third kappa shape index (κ3) is 10.8. The Labute approximate surface area is 181 Å². The number of halogens is 1. The standard InChI is InChI=1S/C17H35N5O3S.HI/c1-18-17(19-8-12-22-10-4-2-5-11-22)20-9-14-26(23,24)21-15-16-7-3-6-13-25-16;/h16,21H,2-15H2,1H3,(H2,18,19,20);1H. The van der Waals surface area contributed by atoms with E-state index in [2.05, 4.69) is 25.2 Å². The number of aliphatic imine (C=N–C) groups is 1. The molecule has 2 aliphatic rings. The summed E-state index contributed by atoms with van der Waals surface area (Å²) >= 11 is 0. The second-order valence-corrected chi connectivity index (χ2v) is 8.91. The van der Waals surface area contributed by atoms with Gasteiger partial charge in [-0.05, 0) is 45.2 Å². The van der Waals surface area contributed by atoms with Gasteiger partial charge in [0.05, 0.1) is 11.9 Å². The number of sulfonamides is 1. The quantitative estimate of drug-likeness (QED) is 0.237. The Kier molecular flexibility index (Phi) is 12.8. The van der Waals surface area contributed by atoms with Crippen LogP contribution in [0, 0.1) is 0 Å². The fourth-order valence-electron chi connectivity index (χ4n) is 3.30. The Morgan fingerprint density at radius 1 is 1.11 bits per heavy atom. The highest BCUT2D eigenvalue weighted by Crippen LogP contribution is 2.11. The molecule has 3 N–H and O–H groups in total. The maximum atomic E-state index is 12.1. The summed E-state index contributed by atoms with van der Waals surface area (Å²) in [4.78, 5) is 6.60. The summed E-state index contributed by atoms with van der Waals surface area (Å²) in [5.74, 6) is 0.667. The zero-order valence-corrected chi connectivity index (χ0v) is 19.6. The minimum atomic E-state index is -3.31. The minimum Gasteiger partial charge on any atom is -0.377 e. The third-order valence-corrected chi connectivity index (χ3v) is 6.21. The van der Waals surface area contributed by atoms with Crippen LogP contribution in [0.15, 0.2) is 4.99 Å². The van der Waals surface area contributed by atoms with Crippen LogP contribution in [-0.2, 0) is 14.8 Å². The van der Waals surface area contributed by atoms with Crippen molar-refractivity contribution in [1.29, 1.82) is 0 Å². The monoisotopic (exact) mass is 517 g/mol. The Morgan fingerprint density at radius 2 is 1.85 bits per heavy atom. The van der Waals surface area contributed by atoms with Gasteiger partial charge in [-0.2, -0.15) is 0 Å². The first kappa shape index (κ1) is 24.9. The van der Waals surface area contributed by atoms with Gasteiger partial charge in [0.1, 0.15) is 0 Å².